The van der Waals surface area contributed by atoms with E-state index < -0.39 is 5.97 Å². The van der Waals surface area contributed by atoms with Gasteiger partial charge in [0.15, 0.2) is 5.69 Å². The van der Waals surface area contributed by atoms with Crippen molar-refractivity contribution in [2.24, 2.45) is 0 Å². The van der Waals surface area contributed by atoms with Crippen molar-refractivity contribution >= 4 is 38.6 Å². The van der Waals surface area contributed by atoms with Crippen LogP contribution in [0, 0.1) is 0 Å². The third-order valence-corrected chi connectivity index (χ3v) is 4.44. The van der Waals surface area contributed by atoms with Gasteiger partial charge in [-0.1, -0.05) is 22.0 Å². The van der Waals surface area contributed by atoms with Crippen molar-refractivity contribution in [1.82, 2.24) is 14.8 Å². The summed E-state index contributed by atoms with van der Waals surface area (Å²) in [5.74, 6) is 0.206. The summed E-state index contributed by atoms with van der Waals surface area (Å²) in [6.45, 7) is 0. The summed E-state index contributed by atoms with van der Waals surface area (Å²) < 4.78 is 7.59. The average Bonchev–Trinajstić information content (AvgIpc) is 3.31. The molecule has 0 aliphatic heterocycles. The Morgan fingerprint density at radius 3 is 2.92 bits per heavy atom. The van der Waals surface area contributed by atoms with Crippen LogP contribution in [0.2, 0.25) is 0 Å². The van der Waals surface area contributed by atoms with E-state index in [0.717, 1.165) is 28.5 Å². The number of ether oxygens (including phenoxy) is 1. The Morgan fingerprint density at radius 2 is 2.21 bits per heavy atom. The Bertz CT molecular complexity index is 933. The fraction of sp³-hybridized carbons (Fsp3) is 0.235. The molecular weight excluding hydrogens is 372 g/mol. The molecule has 24 heavy (non-hydrogen) atoms. The highest BCUT2D eigenvalue weighted by Gasteiger charge is 2.26. The molecule has 3 aromatic rings. The van der Waals surface area contributed by atoms with Gasteiger partial charge in [-0.3, -0.25) is 0 Å². The third-order valence-electron chi connectivity index (χ3n) is 3.94. The monoisotopic (exact) mass is 386 g/mol. The summed E-state index contributed by atoms with van der Waals surface area (Å²) in [5.41, 5.74) is 1.93. The first-order chi connectivity index (χ1) is 11.7. The molecule has 0 saturated heterocycles. The van der Waals surface area contributed by atoms with Gasteiger partial charge in [-0.15, -0.1) is 0 Å². The Labute approximate surface area is 147 Å². The van der Waals surface area contributed by atoms with E-state index in [2.05, 4.69) is 31.3 Å². The maximum atomic E-state index is 12.2. The van der Waals surface area contributed by atoms with Crippen molar-refractivity contribution in [3.05, 3.63) is 46.7 Å². The molecule has 0 bridgehead atoms. The van der Waals surface area contributed by atoms with Crippen LogP contribution in [0.3, 0.4) is 0 Å². The maximum absolute atomic E-state index is 12.2. The predicted molar refractivity (Wildman–Crippen MR) is 94.5 cm³/mol. The molecule has 6 nitrogen and oxygen atoms in total. The van der Waals surface area contributed by atoms with E-state index in [4.69, 9.17) is 4.74 Å². The minimum absolute atomic E-state index is 0.267. The largest absolute Gasteiger partial charge is 0.464 e. The molecule has 1 saturated carbocycles. The summed E-state index contributed by atoms with van der Waals surface area (Å²) in [7, 11) is 1.36. The van der Waals surface area contributed by atoms with E-state index in [-0.39, 0.29) is 5.69 Å². The fourth-order valence-electron chi connectivity index (χ4n) is 2.64. The molecule has 2 heterocycles. The number of anilines is 1. The van der Waals surface area contributed by atoms with Gasteiger partial charge in [0.05, 0.1) is 23.7 Å². The number of hydrogen-bond donors (Lipinski definition) is 1. The summed E-state index contributed by atoms with van der Waals surface area (Å²) in [5, 5.41) is 8.56. The minimum atomic E-state index is -0.472. The second-order valence-electron chi connectivity index (χ2n) is 5.70. The van der Waals surface area contributed by atoms with E-state index in [1.54, 1.807) is 10.9 Å². The highest BCUT2D eigenvalue weighted by atomic mass is 79.9. The van der Waals surface area contributed by atoms with Crippen LogP contribution in [-0.4, -0.2) is 33.9 Å². The van der Waals surface area contributed by atoms with Crippen LogP contribution in [0.25, 0.3) is 16.6 Å². The van der Waals surface area contributed by atoms with Gasteiger partial charge in [0.25, 0.3) is 0 Å². The summed E-state index contributed by atoms with van der Waals surface area (Å²) in [6.07, 6.45) is 3.96. The molecule has 0 amide bonds. The molecule has 1 aromatic carbocycles. The molecule has 1 N–H and O–H groups in total. The zero-order chi connectivity index (χ0) is 16.7. The third kappa shape index (κ3) is 2.65. The molecule has 0 radical (unpaired) electrons. The smallest absolute Gasteiger partial charge is 0.359 e. The Kier molecular flexibility index (Phi) is 3.72. The number of methoxy groups -OCH3 is 1. The quantitative estimate of drug-likeness (QED) is 0.694. The number of nitrogens with zero attached hydrogens (tertiary/aromatic N) is 3. The number of halogens is 1. The normalized spacial score (nSPS) is 13.9. The molecule has 1 fully saturated rings. The first-order valence-electron chi connectivity index (χ1n) is 7.66. The Morgan fingerprint density at radius 1 is 1.38 bits per heavy atom. The van der Waals surface area contributed by atoms with Crippen LogP contribution >= 0.6 is 15.9 Å². The van der Waals surface area contributed by atoms with Gasteiger partial charge in [-0.25, -0.2) is 14.5 Å². The van der Waals surface area contributed by atoms with Crippen molar-refractivity contribution in [2.45, 2.75) is 18.9 Å². The average molecular weight is 387 g/mol. The van der Waals surface area contributed by atoms with Crippen LogP contribution in [0.1, 0.15) is 23.3 Å². The van der Waals surface area contributed by atoms with Crippen LogP contribution in [0.4, 0.5) is 5.82 Å². The number of fused-ring (bicyclic) bond motifs is 1. The first kappa shape index (κ1) is 15.1. The number of carbonyl (C=O) groups is 1. The van der Waals surface area contributed by atoms with Crippen LogP contribution in [0.5, 0.6) is 0 Å². The zero-order valence-electron chi connectivity index (χ0n) is 13.0. The summed E-state index contributed by atoms with van der Waals surface area (Å²) in [4.78, 5) is 16.6. The lowest BCUT2D eigenvalue weighted by atomic mass is 10.2. The zero-order valence-corrected chi connectivity index (χ0v) is 14.6. The van der Waals surface area contributed by atoms with Gasteiger partial charge in [0.1, 0.15) is 5.82 Å². The predicted octanol–water partition coefficient (Wildman–Crippen LogP) is 3.54. The van der Waals surface area contributed by atoms with Gasteiger partial charge in [0.2, 0.25) is 0 Å². The molecule has 2 aromatic heterocycles. The molecule has 122 valence electrons. The standard InChI is InChI=1S/C17H15BrN4O2/c1-24-17(23)15-14-13(7-8-19-16(14)20-11-5-6-11)22(21-15)12-4-2-3-10(18)9-12/h2-4,7-9,11H,5-6H2,1H3,(H,19,20). The highest BCUT2D eigenvalue weighted by molar-refractivity contribution is 9.10. The molecule has 1 aliphatic carbocycles. The number of carbonyl (C=O) groups excluding carboxylic acids is 1. The number of aromatic nitrogens is 3. The number of pyridine rings is 1. The van der Waals surface area contributed by atoms with E-state index in [0.29, 0.717) is 17.2 Å². The molecule has 7 heteroatoms. The topological polar surface area (TPSA) is 69.0 Å². The number of nitrogens with one attached hydrogen (secondary N) is 1. The number of benzene rings is 1. The Balaban J connectivity index is 1.96. The lowest BCUT2D eigenvalue weighted by molar-refractivity contribution is 0.0595. The van der Waals surface area contributed by atoms with E-state index in [1.807, 2.05) is 30.3 Å². The molecule has 0 atom stereocenters. The van der Waals surface area contributed by atoms with Crippen molar-refractivity contribution < 1.29 is 9.53 Å². The number of rotatable bonds is 4. The van der Waals surface area contributed by atoms with Crippen LogP contribution < -0.4 is 5.32 Å². The summed E-state index contributed by atoms with van der Waals surface area (Å²) >= 11 is 3.47. The summed E-state index contributed by atoms with van der Waals surface area (Å²) in [6, 6.07) is 10.0. The van der Waals surface area contributed by atoms with Crippen molar-refractivity contribution in [1.29, 1.82) is 0 Å². The minimum Gasteiger partial charge on any atom is -0.464 e. The van der Waals surface area contributed by atoms with Crippen LogP contribution in [-0.2, 0) is 4.74 Å². The number of hydrogen-bond acceptors (Lipinski definition) is 5. The van der Waals surface area contributed by atoms with E-state index in [9.17, 15) is 4.79 Å². The van der Waals surface area contributed by atoms with E-state index >= 15 is 0 Å². The second-order valence-corrected chi connectivity index (χ2v) is 6.62. The van der Waals surface area contributed by atoms with Crippen molar-refractivity contribution in [3.63, 3.8) is 0 Å². The van der Waals surface area contributed by atoms with Gasteiger partial charge >= 0.3 is 5.97 Å². The van der Waals surface area contributed by atoms with Gasteiger partial charge in [0, 0.05) is 16.7 Å². The van der Waals surface area contributed by atoms with Crippen molar-refractivity contribution in [2.75, 3.05) is 12.4 Å². The first-order valence-corrected chi connectivity index (χ1v) is 8.45. The maximum Gasteiger partial charge on any atom is 0.359 e. The van der Waals surface area contributed by atoms with Gasteiger partial charge in [-0.05, 0) is 37.1 Å². The Hall–Kier alpha value is -2.41. The molecular formula is C17H15BrN4O2. The van der Waals surface area contributed by atoms with Crippen molar-refractivity contribution in [3.8, 4) is 5.69 Å². The SMILES string of the molecule is COC(=O)c1nn(-c2cccc(Br)c2)c2ccnc(NC3CC3)c12. The molecule has 0 spiro atoms. The lowest BCUT2D eigenvalue weighted by Gasteiger charge is -2.07. The van der Waals surface area contributed by atoms with E-state index in [1.165, 1.54) is 7.11 Å². The molecule has 4 rings (SSSR count). The van der Waals surface area contributed by atoms with Gasteiger partial charge < -0.3 is 10.1 Å². The molecule has 1 aliphatic rings. The van der Waals surface area contributed by atoms with Crippen LogP contribution in [0.15, 0.2) is 41.0 Å². The molecule has 0 unspecified atom stereocenters. The lowest BCUT2D eigenvalue weighted by Crippen LogP contribution is -2.07. The highest BCUT2D eigenvalue weighted by Crippen LogP contribution is 2.32. The number of esters is 1. The second kappa shape index (κ2) is 5.90. The van der Waals surface area contributed by atoms with Gasteiger partial charge in [-0.2, -0.15) is 5.10 Å². The fourth-order valence-corrected chi connectivity index (χ4v) is 3.03.